The Hall–Kier alpha value is -1.30. The van der Waals surface area contributed by atoms with Crippen molar-refractivity contribution in [2.75, 3.05) is 0 Å². The highest BCUT2D eigenvalue weighted by molar-refractivity contribution is 5.45. The fourth-order valence-electron chi connectivity index (χ4n) is 1.90. The highest BCUT2D eigenvalue weighted by atomic mass is 14.2. The van der Waals surface area contributed by atoms with Crippen LogP contribution in [0.15, 0.2) is 60.3 Å². The molecular formula is C16H22. The fourth-order valence-corrected chi connectivity index (χ4v) is 1.90. The van der Waals surface area contributed by atoms with E-state index < -0.39 is 0 Å². The van der Waals surface area contributed by atoms with Gasteiger partial charge in [0, 0.05) is 0 Å². The van der Waals surface area contributed by atoms with E-state index in [1.54, 1.807) is 0 Å². The molecule has 0 nitrogen and oxygen atoms in total. The van der Waals surface area contributed by atoms with Gasteiger partial charge in [0.15, 0.2) is 0 Å². The molecule has 1 aliphatic rings. The standard InChI is InChI=1S/C16H22/c1-6-8-16(14(5)12(2)3)15-10-7-9-13(4)11-15/h6-10,12,14H,1,4,11H2,2-3,5H3/b16-8+/t14-/m0/s1. The van der Waals surface area contributed by atoms with Crippen LogP contribution in [0.3, 0.4) is 0 Å². The van der Waals surface area contributed by atoms with E-state index in [0.717, 1.165) is 6.42 Å². The summed E-state index contributed by atoms with van der Waals surface area (Å²) < 4.78 is 0. The van der Waals surface area contributed by atoms with Gasteiger partial charge in [-0.1, -0.05) is 69.9 Å². The molecule has 0 heterocycles. The average Bonchev–Trinajstić information content (AvgIpc) is 2.24. The second-order valence-corrected chi connectivity index (χ2v) is 4.78. The van der Waals surface area contributed by atoms with Gasteiger partial charge in [-0.05, 0) is 29.4 Å². The lowest BCUT2D eigenvalue weighted by Crippen LogP contribution is -2.10. The van der Waals surface area contributed by atoms with Crippen LogP contribution in [-0.4, -0.2) is 0 Å². The summed E-state index contributed by atoms with van der Waals surface area (Å²) in [7, 11) is 0. The summed E-state index contributed by atoms with van der Waals surface area (Å²) >= 11 is 0. The molecule has 0 bridgehead atoms. The molecule has 16 heavy (non-hydrogen) atoms. The highest BCUT2D eigenvalue weighted by Crippen LogP contribution is 2.31. The van der Waals surface area contributed by atoms with Crippen LogP contribution < -0.4 is 0 Å². The molecule has 0 unspecified atom stereocenters. The lowest BCUT2D eigenvalue weighted by molar-refractivity contribution is 0.483. The van der Waals surface area contributed by atoms with Crippen LogP contribution in [0.2, 0.25) is 0 Å². The van der Waals surface area contributed by atoms with Gasteiger partial charge >= 0.3 is 0 Å². The molecule has 0 aliphatic heterocycles. The summed E-state index contributed by atoms with van der Waals surface area (Å²) in [5.74, 6) is 1.20. The molecule has 0 aromatic rings. The molecule has 0 heteroatoms. The van der Waals surface area contributed by atoms with Gasteiger partial charge in [0.05, 0.1) is 0 Å². The minimum absolute atomic E-state index is 0.559. The Morgan fingerprint density at radius 1 is 1.38 bits per heavy atom. The van der Waals surface area contributed by atoms with Gasteiger partial charge in [-0.15, -0.1) is 0 Å². The van der Waals surface area contributed by atoms with E-state index in [9.17, 15) is 0 Å². The number of allylic oxidation sites excluding steroid dienone is 8. The Morgan fingerprint density at radius 3 is 2.56 bits per heavy atom. The molecule has 0 saturated heterocycles. The van der Waals surface area contributed by atoms with E-state index in [0.29, 0.717) is 11.8 Å². The molecular weight excluding hydrogens is 192 g/mol. The molecule has 0 saturated carbocycles. The van der Waals surface area contributed by atoms with Crippen LogP contribution in [0.25, 0.3) is 0 Å². The van der Waals surface area contributed by atoms with Crippen molar-refractivity contribution in [1.82, 2.24) is 0 Å². The third kappa shape index (κ3) is 3.10. The van der Waals surface area contributed by atoms with Crippen molar-refractivity contribution in [1.29, 1.82) is 0 Å². The van der Waals surface area contributed by atoms with E-state index in [4.69, 9.17) is 0 Å². The topological polar surface area (TPSA) is 0 Å². The van der Waals surface area contributed by atoms with Crippen LogP contribution >= 0.6 is 0 Å². The third-order valence-corrected chi connectivity index (χ3v) is 3.21. The zero-order valence-corrected chi connectivity index (χ0v) is 10.7. The molecule has 0 radical (unpaired) electrons. The van der Waals surface area contributed by atoms with Crippen molar-refractivity contribution in [2.24, 2.45) is 11.8 Å². The van der Waals surface area contributed by atoms with E-state index in [-0.39, 0.29) is 0 Å². The van der Waals surface area contributed by atoms with Crippen LogP contribution in [0.5, 0.6) is 0 Å². The lowest BCUT2D eigenvalue weighted by atomic mass is 9.82. The van der Waals surface area contributed by atoms with Crippen molar-refractivity contribution < 1.29 is 0 Å². The van der Waals surface area contributed by atoms with Gasteiger partial charge in [-0.3, -0.25) is 0 Å². The minimum atomic E-state index is 0.559. The van der Waals surface area contributed by atoms with Crippen molar-refractivity contribution in [3.63, 3.8) is 0 Å². The van der Waals surface area contributed by atoms with E-state index in [1.165, 1.54) is 16.7 Å². The van der Waals surface area contributed by atoms with Crippen molar-refractivity contribution >= 4 is 0 Å². The van der Waals surface area contributed by atoms with Gasteiger partial charge in [-0.25, -0.2) is 0 Å². The molecule has 0 amide bonds. The Kier molecular flexibility index (Phi) is 4.54. The zero-order chi connectivity index (χ0) is 12.1. The van der Waals surface area contributed by atoms with Crippen LogP contribution in [0.4, 0.5) is 0 Å². The first-order valence-corrected chi connectivity index (χ1v) is 5.94. The quantitative estimate of drug-likeness (QED) is 0.588. The van der Waals surface area contributed by atoms with Gasteiger partial charge in [0.25, 0.3) is 0 Å². The predicted molar refractivity (Wildman–Crippen MR) is 73.3 cm³/mol. The SMILES string of the molecule is C=C/C=C(/C1=CC=CC(=C)C1)[C@@H](C)C(C)C. The molecule has 1 atom stereocenters. The number of hydrogen-bond acceptors (Lipinski definition) is 0. The van der Waals surface area contributed by atoms with Crippen molar-refractivity contribution in [3.05, 3.63) is 60.3 Å². The van der Waals surface area contributed by atoms with Crippen LogP contribution in [-0.2, 0) is 0 Å². The fraction of sp³-hybridized carbons (Fsp3) is 0.375. The summed E-state index contributed by atoms with van der Waals surface area (Å²) in [6.45, 7) is 14.6. The molecule has 0 aromatic heterocycles. The van der Waals surface area contributed by atoms with Crippen molar-refractivity contribution in [3.8, 4) is 0 Å². The average molecular weight is 214 g/mol. The minimum Gasteiger partial charge on any atom is -0.0991 e. The van der Waals surface area contributed by atoms with E-state index in [1.807, 2.05) is 6.08 Å². The molecule has 1 aliphatic carbocycles. The summed E-state index contributed by atoms with van der Waals surface area (Å²) in [6, 6.07) is 0. The zero-order valence-electron chi connectivity index (χ0n) is 10.7. The Morgan fingerprint density at radius 2 is 2.06 bits per heavy atom. The molecule has 86 valence electrons. The normalized spacial score (nSPS) is 18.6. The Labute approximate surface area is 99.8 Å². The number of rotatable bonds is 4. The Bertz CT molecular complexity index is 361. The van der Waals surface area contributed by atoms with Gasteiger partial charge in [-0.2, -0.15) is 0 Å². The van der Waals surface area contributed by atoms with Crippen molar-refractivity contribution in [2.45, 2.75) is 27.2 Å². The maximum absolute atomic E-state index is 4.03. The maximum atomic E-state index is 4.03. The largest absolute Gasteiger partial charge is 0.0991 e. The van der Waals surface area contributed by atoms with E-state index >= 15 is 0 Å². The summed E-state index contributed by atoms with van der Waals surface area (Å²) in [4.78, 5) is 0. The smallest absolute Gasteiger partial charge is 0.00288 e. The molecule has 0 spiro atoms. The van der Waals surface area contributed by atoms with Crippen LogP contribution in [0, 0.1) is 11.8 Å². The molecule has 0 fully saturated rings. The molecule has 0 aromatic carbocycles. The van der Waals surface area contributed by atoms with Gasteiger partial charge in [0.1, 0.15) is 0 Å². The summed E-state index contributed by atoms with van der Waals surface area (Å²) in [6.07, 6.45) is 11.4. The summed E-state index contributed by atoms with van der Waals surface area (Å²) in [5, 5.41) is 0. The maximum Gasteiger partial charge on any atom is -0.00288 e. The van der Waals surface area contributed by atoms with Crippen LogP contribution in [0.1, 0.15) is 27.2 Å². The predicted octanol–water partition coefficient (Wildman–Crippen LogP) is 4.83. The summed E-state index contributed by atoms with van der Waals surface area (Å²) in [5.41, 5.74) is 3.97. The monoisotopic (exact) mass is 214 g/mol. The molecule has 1 rings (SSSR count). The first-order chi connectivity index (χ1) is 7.56. The Balaban J connectivity index is 3.00. The second kappa shape index (κ2) is 5.69. The lowest BCUT2D eigenvalue weighted by Gasteiger charge is -2.23. The van der Waals surface area contributed by atoms with E-state index in [2.05, 4.69) is 58.2 Å². The second-order valence-electron chi connectivity index (χ2n) is 4.78. The first-order valence-electron chi connectivity index (χ1n) is 5.94. The van der Waals surface area contributed by atoms with Gasteiger partial charge < -0.3 is 0 Å². The highest BCUT2D eigenvalue weighted by Gasteiger charge is 2.17. The van der Waals surface area contributed by atoms with Gasteiger partial charge in [0.2, 0.25) is 0 Å². The third-order valence-electron chi connectivity index (χ3n) is 3.21. The first kappa shape index (κ1) is 12.8. The molecule has 0 N–H and O–H groups in total. The number of hydrogen-bond donors (Lipinski definition) is 0.